The summed E-state index contributed by atoms with van der Waals surface area (Å²) in [6, 6.07) is 3.39. The van der Waals surface area contributed by atoms with Gasteiger partial charge in [-0.1, -0.05) is 11.6 Å². The first kappa shape index (κ1) is 12.9. The molecule has 4 nitrogen and oxygen atoms in total. The SMILES string of the molecule is O=C(NCC(O)CO)c1ccc(F)cc1Cl. The fourth-order valence-electron chi connectivity index (χ4n) is 1.04. The Morgan fingerprint density at radius 2 is 2.25 bits per heavy atom. The number of amides is 1. The Morgan fingerprint density at radius 3 is 2.81 bits per heavy atom. The first-order valence-electron chi connectivity index (χ1n) is 4.56. The maximum Gasteiger partial charge on any atom is 0.252 e. The van der Waals surface area contributed by atoms with Crippen molar-refractivity contribution in [2.24, 2.45) is 0 Å². The number of hydrogen-bond acceptors (Lipinski definition) is 3. The Bertz CT molecular complexity index is 386. The second-order valence-corrected chi connectivity index (χ2v) is 3.58. The zero-order chi connectivity index (χ0) is 12.1. The average molecular weight is 248 g/mol. The lowest BCUT2D eigenvalue weighted by Crippen LogP contribution is -2.34. The van der Waals surface area contributed by atoms with Gasteiger partial charge in [0.1, 0.15) is 5.82 Å². The molecule has 0 fully saturated rings. The molecule has 0 aliphatic heterocycles. The van der Waals surface area contributed by atoms with Crippen molar-refractivity contribution in [3.8, 4) is 0 Å². The van der Waals surface area contributed by atoms with Gasteiger partial charge in [0.2, 0.25) is 0 Å². The molecule has 1 unspecified atom stereocenters. The number of nitrogens with one attached hydrogen (secondary N) is 1. The van der Waals surface area contributed by atoms with Crippen LogP contribution >= 0.6 is 11.6 Å². The minimum absolute atomic E-state index is 0.00371. The fraction of sp³-hybridized carbons (Fsp3) is 0.300. The van der Waals surface area contributed by atoms with Crippen molar-refractivity contribution < 1.29 is 19.4 Å². The van der Waals surface area contributed by atoms with Crippen molar-refractivity contribution in [3.63, 3.8) is 0 Å². The van der Waals surface area contributed by atoms with Gasteiger partial charge >= 0.3 is 0 Å². The van der Waals surface area contributed by atoms with E-state index in [9.17, 15) is 9.18 Å². The Morgan fingerprint density at radius 1 is 1.56 bits per heavy atom. The molecule has 0 spiro atoms. The van der Waals surface area contributed by atoms with Gasteiger partial charge in [0.05, 0.1) is 23.3 Å². The number of aliphatic hydroxyl groups excluding tert-OH is 2. The summed E-state index contributed by atoms with van der Waals surface area (Å²) in [6.07, 6.45) is -1.02. The molecule has 0 saturated carbocycles. The van der Waals surface area contributed by atoms with E-state index < -0.39 is 24.4 Å². The van der Waals surface area contributed by atoms with Crippen molar-refractivity contribution in [2.45, 2.75) is 6.10 Å². The number of rotatable bonds is 4. The molecule has 0 saturated heterocycles. The maximum atomic E-state index is 12.7. The van der Waals surface area contributed by atoms with Gasteiger partial charge in [-0.2, -0.15) is 0 Å². The van der Waals surface area contributed by atoms with Gasteiger partial charge < -0.3 is 15.5 Å². The zero-order valence-electron chi connectivity index (χ0n) is 8.28. The Balaban J connectivity index is 2.66. The smallest absolute Gasteiger partial charge is 0.252 e. The van der Waals surface area contributed by atoms with Crippen LogP contribution in [0.25, 0.3) is 0 Å². The molecule has 0 aliphatic rings. The molecule has 3 N–H and O–H groups in total. The van der Waals surface area contributed by atoms with Crippen molar-refractivity contribution in [1.82, 2.24) is 5.32 Å². The average Bonchev–Trinajstić information content (AvgIpc) is 2.25. The molecular weight excluding hydrogens is 237 g/mol. The van der Waals surface area contributed by atoms with E-state index in [2.05, 4.69) is 5.32 Å². The lowest BCUT2D eigenvalue weighted by atomic mass is 10.2. The molecule has 1 aromatic rings. The predicted molar refractivity (Wildman–Crippen MR) is 56.8 cm³/mol. The molecule has 0 heterocycles. The monoisotopic (exact) mass is 247 g/mol. The number of halogens is 2. The van der Waals surface area contributed by atoms with Crippen LogP contribution in [-0.2, 0) is 0 Å². The molecule has 6 heteroatoms. The standard InChI is InChI=1S/C10H11ClFNO3/c11-9-3-6(12)1-2-8(9)10(16)13-4-7(15)5-14/h1-3,7,14-15H,4-5H2,(H,13,16). The zero-order valence-corrected chi connectivity index (χ0v) is 9.04. The molecule has 16 heavy (non-hydrogen) atoms. The van der Waals surface area contributed by atoms with Crippen LogP contribution in [0.2, 0.25) is 5.02 Å². The van der Waals surface area contributed by atoms with Gasteiger partial charge in [-0.3, -0.25) is 4.79 Å². The number of carbonyl (C=O) groups is 1. The Labute approximate surface area is 96.7 Å². The van der Waals surface area contributed by atoms with Gasteiger partial charge in [-0.25, -0.2) is 4.39 Å². The van der Waals surface area contributed by atoms with Gasteiger partial charge in [0.25, 0.3) is 5.91 Å². The molecule has 1 rings (SSSR count). The van der Waals surface area contributed by atoms with E-state index in [1.54, 1.807) is 0 Å². The Hall–Kier alpha value is -1.17. The van der Waals surface area contributed by atoms with E-state index >= 15 is 0 Å². The third-order valence-corrected chi connectivity index (χ3v) is 2.20. The molecular formula is C10H11ClFNO3. The predicted octanol–water partition coefficient (Wildman–Crippen LogP) is 0.562. The van der Waals surface area contributed by atoms with E-state index in [4.69, 9.17) is 21.8 Å². The third-order valence-electron chi connectivity index (χ3n) is 1.88. The van der Waals surface area contributed by atoms with Crippen LogP contribution in [0.5, 0.6) is 0 Å². The van der Waals surface area contributed by atoms with Crippen molar-refractivity contribution in [3.05, 3.63) is 34.6 Å². The van der Waals surface area contributed by atoms with Gasteiger partial charge in [0, 0.05) is 6.54 Å². The number of aliphatic hydroxyl groups is 2. The lowest BCUT2D eigenvalue weighted by molar-refractivity contribution is 0.0802. The number of carbonyl (C=O) groups excluding carboxylic acids is 1. The minimum Gasteiger partial charge on any atom is -0.394 e. The van der Waals surface area contributed by atoms with Crippen LogP contribution in [-0.4, -0.2) is 35.4 Å². The topological polar surface area (TPSA) is 69.6 Å². The molecule has 0 aromatic heterocycles. The van der Waals surface area contributed by atoms with Crippen LogP contribution in [0.1, 0.15) is 10.4 Å². The third kappa shape index (κ3) is 3.44. The molecule has 1 amide bonds. The molecule has 0 aliphatic carbocycles. The molecule has 1 atom stereocenters. The second-order valence-electron chi connectivity index (χ2n) is 3.17. The van der Waals surface area contributed by atoms with Crippen LogP contribution in [0.3, 0.4) is 0 Å². The summed E-state index contributed by atoms with van der Waals surface area (Å²) in [5, 5.41) is 19.9. The van der Waals surface area contributed by atoms with Crippen LogP contribution in [0, 0.1) is 5.82 Å². The molecule has 1 aromatic carbocycles. The van der Waals surface area contributed by atoms with Crippen LogP contribution in [0.15, 0.2) is 18.2 Å². The van der Waals surface area contributed by atoms with E-state index in [0.29, 0.717) is 0 Å². The summed E-state index contributed by atoms with van der Waals surface area (Å²) < 4.78 is 12.7. The molecule has 0 bridgehead atoms. The van der Waals surface area contributed by atoms with E-state index in [0.717, 1.165) is 12.1 Å². The summed E-state index contributed by atoms with van der Waals surface area (Å²) in [4.78, 5) is 11.5. The normalized spacial score (nSPS) is 12.2. The highest BCUT2D eigenvalue weighted by atomic mass is 35.5. The summed E-state index contributed by atoms with van der Waals surface area (Å²) in [6.45, 7) is -0.541. The summed E-state index contributed by atoms with van der Waals surface area (Å²) in [5.41, 5.74) is 0.119. The summed E-state index contributed by atoms with van der Waals surface area (Å²) >= 11 is 5.66. The van der Waals surface area contributed by atoms with E-state index in [-0.39, 0.29) is 17.1 Å². The quantitative estimate of drug-likeness (QED) is 0.728. The van der Waals surface area contributed by atoms with E-state index in [1.807, 2.05) is 0 Å². The van der Waals surface area contributed by atoms with E-state index in [1.165, 1.54) is 6.07 Å². The van der Waals surface area contributed by atoms with Crippen LogP contribution < -0.4 is 5.32 Å². The van der Waals surface area contributed by atoms with Crippen molar-refractivity contribution >= 4 is 17.5 Å². The van der Waals surface area contributed by atoms with Crippen molar-refractivity contribution in [1.29, 1.82) is 0 Å². The van der Waals surface area contributed by atoms with Gasteiger partial charge in [-0.05, 0) is 18.2 Å². The second kappa shape index (κ2) is 5.79. The summed E-state index contributed by atoms with van der Waals surface area (Å²) in [5.74, 6) is -1.06. The minimum atomic E-state index is -1.02. The lowest BCUT2D eigenvalue weighted by Gasteiger charge is -2.09. The van der Waals surface area contributed by atoms with Gasteiger partial charge in [0.15, 0.2) is 0 Å². The molecule has 0 radical (unpaired) electrons. The summed E-state index contributed by atoms with van der Waals surface area (Å²) in [7, 11) is 0. The Kier molecular flexibility index (Phi) is 4.67. The first-order chi connectivity index (χ1) is 7.54. The highest BCUT2D eigenvalue weighted by Crippen LogP contribution is 2.16. The number of benzene rings is 1. The maximum absolute atomic E-state index is 12.7. The highest BCUT2D eigenvalue weighted by molar-refractivity contribution is 6.33. The first-order valence-corrected chi connectivity index (χ1v) is 4.94. The largest absolute Gasteiger partial charge is 0.394 e. The fourth-order valence-corrected chi connectivity index (χ4v) is 1.30. The van der Waals surface area contributed by atoms with Gasteiger partial charge in [-0.15, -0.1) is 0 Å². The highest BCUT2D eigenvalue weighted by Gasteiger charge is 2.12. The molecule has 88 valence electrons. The van der Waals surface area contributed by atoms with Crippen LogP contribution in [0.4, 0.5) is 4.39 Å². The van der Waals surface area contributed by atoms with Crippen molar-refractivity contribution in [2.75, 3.05) is 13.2 Å². The number of hydrogen-bond donors (Lipinski definition) is 3.